The van der Waals surface area contributed by atoms with Crippen molar-refractivity contribution in [2.45, 2.75) is 77.9 Å². The van der Waals surface area contributed by atoms with Crippen molar-refractivity contribution in [3.05, 3.63) is 77.6 Å². The van der Waals surface area contributed by atoms with E-state index >= 15 is 0 Å². The van der Waals surface area contributed by atoms with E-state index in [1.54, 1.807) is 6.92 Å². The van der Waals surface area contributed by atoms with Gasteiger partial charge in [-0.15, -0.1) is 0 Å². The Labute approximate surface area is 278 Å². The molecule has 3 amide bonds. The van der Waals surface area contributed by atoms with Gasteiger partial charge in [-0.25, -0.2) is 9.86 Å². The van der Waals surface area contributed by atoms with Crippen LogP contribution in [0.15, 0.2) is 65.1 Å². The van der Waals surface area contributed by atoms with Crippen molar-refractivity contribution in [2.75, 3.05) is 13.3 Å². The van der Waals surface area contributed by atoms with Gasteiger partial charge in [0, 0.05) is 11.1 Å². The first-order valence-corrected chi connectivity index (χ1v) is 16.0. The van der Waals surface area contributed by atoms with Crippen LogP contribution in [0.3, 0.4) is 0 Å². The highest BCUT2D eigenvalue weighted by Crippen LogP contribution is 2.35. The van der Waals surface area contributed by atoms with Gasteiger partial charge in [-0.3, -0.25) is 19.2 Å². The topological polar surface area (TPSA) is 147 Å². The highest BCUT2D eigenvalue weighted by atomic mass is 19.3. The second kappa shape index (κ2) is 18.5. The predicted octanol–water partition coefficient (Wildman–Crippen LogP) is 6.28. The number of hydrogen-bond donors (Lipinski definition) is 3. The summed E-state index contributed by atoms with van der Waals surface area (Å²) in [5.41, 5.74) is 0.136. The van der Waals surface area contributed by atoms with Crippen LogP contribution in [0.1, 0.15) is 81.0 Å². The van der Waals surface area contributed by atoms with E-state index in [4.69, 9.17) is 19.1 Å². The Bertz CT molecular complexity index is 1500. The quantitative estimate of drug-likeness (QED) is 0.0519. The first kappa shape index (κ1) is 37.7. The number of halogens is 2. The maximum absolute atomic E-state index is 14.3. The Balaban J connectivity index is 1.69. The van der Waals surface area contributed by atoms with Crippen LogP contribution < -0.4 is 15.4 Å². The van der Waals surface area contributed by atoms with Gasteiger partial charge in [0.05, 0.1) is 25.2 Å². The number of ether oxygens (including phenoxy) is 1. The third-order valence-corrected chi connectivity index (χ3v) is 7.72. The van der Waals surface area contributed by atoms with Gasteiger partial charge >= 0.3 is 11.9 Å². The number of amides is 3. The molecular formula is C35H43F2N3O8. The molecular weight excluding hydrogens is 628 g/mol. The summed E-state index contributed by atoms with van der Waals surface area (Å²) < 4.78 is 39.6. The fraction of sp³-hybridized carbons (Fsp3) is 0.429. The van der Waals surface area contributed by atoms with E-state index in [2.05, 4.69) is 17.6 Å². The highest BCUT2D eigenvalue weighted by Gasteiger charge is 2.42. The summed E-state index contributed by atoms with van der Waals surface area (Å²) in [4.78, 5) is 55.4. The smallest absolute Gasteiger partial charge is 0.379 e. The Kier molecular flexibility index (Phi) is 14.5. The minimum absolute atomic E-state index is 0.00396. The molecule has 3 N–H and O–H groups in total. The number of aliphatic carboxylic acids is 1. The highest BCUT2D eigenvalue weighted by molar-refractivity contribution is 5.92. The zero-order chi connectivity index (χ0) is 35.1. The van der Waals surface area contributed by atoms with Crippen LogP contribution in [0.2, 0.25) is 0 Å². The van der Waals surface area contributed by atoms with Gasteiger partial charge in [-0.05, 0) is 55.7 Å². The number of hydrogen-bond acceptors (Lipinski definition) is 7. The zero-order valence-corrected chi connectivity index (χ0v) is 27.4. The molecule has 3 rings (SSSR count). The summed E-state index contributed by atoms with van der Waals surface area (Å²) in [6.07, 6.45) is 5.24. The molecule has 13 heteroatoms. The van der Waals surface area contributed by atoms with Gasteiger partial charge < -0.3 is 24.9 Å². The van der Waals surface area contributed by atoms with Crippen LogP contribution >= 0.6 is 0 Å². The van der Waals surface area contributed by atoms with Crippen LogP contribution in [0, 0.1) is 5.92 Å². The van der Waals surface area contributed by atoms with E-state index in [1.807, 2.05) is 37.3 Å². The van der Waals surface area contributed by atoms with Gasteiger partial charge in [-0.1, -0.05) is 69.9 Å². The number of carbonyl (C=O) groups excluding carboxylic acids is 3. The predicted molar refractivity (Wildman–Crippen MR) is 173 cm³/mol. The summed E-state index contributed by atoms with van der Waals surface area (Å²) in [6.45, 7) is 5.64. The average Bonchev–Trinajstić information content (AvgIpc) is 3.58. The van der Waals surface area contributed by atoms with Crippen molar-refractivity contribution in [2.24, 2.45) is 5.92 Å². The summed E-state index contributed by atoms with van der Waals surface area (Å²) in [5.74, 6) is -8.32. The van der Waals surface area contributed by atoms with E-state index in [0.717, 1.165) is 43.4 Å². The van der Waals surface area contributed by atoms with Crippen molar-refractivity contribution >= 4 is 24.2 Å². The summed E-state index contributed by atoms with van der Waals surface area (Å²) in [7, 11) is 0. The monoisotopic (exact) mass is 671 g/mol. The van der Waals surface area contributed by atoms with Gasteiger partial charge in [-0.2, -0.15) is 8.78 Å². The molecule has 0 aliphatic rings. The lowest BCUT2D eigenvalue weighted by molar-refractivity contribution is -0.200. The molecule has 0 fully saturated rings. The van der Waals surface area contributed by atoms with Crippen LogP contribution in [-0.4, -0.2) is 53.7 Å². The van der Waals surface area contributed by atoms with Gasteiger partial charge in [0.25, 0.3) is 5.91 Å². The number of carboxylic acids is 1. The largest absolute Gasteiger partial charge is 0.494 e. The molecule has 0 bridgehead atoms. The normalized spacial score (nSPS) is 12.5. The number of unbranched alkanes of at least 4 members (excludes halogenated alkanes) is 3. The fourth-order valence-electron chi connectivity index (χ4n) is 5.20. The van der Waals surface area contributed by atoms with E-state index in [1.165, 1.54) is 23.3 Å². The fourth-order valence-corrected chi connectivity index (χ4v) is 5.20. The zero-order valence-electron chi connectivity index (χ0n) is 27.4. The van der Waals surface area contributed by atoms with Crippen molar-refractivity contribution in [1.29, 1.82) is 0 Å². The number of benzene rings is 2. The van der Waals surface area contributed by atoms with Gasteiger partial charge in [0.1, 0.15) is 18.1 Å². The molecule has 11 nitrogen and oxygen atoms in total. The van der Waals surface area contributed by atoms with Crippen molar-refractivity contribution in [3.63, 3.8) is 0 Å². The van der Waals surface area contributed by atoms with E-state index in [9.17, 15) is 28.0 Å². The van der Waals surface area contributed by atoms with Gasteiger partial charge in [0.15, 0.2) is 5.76 Å². The van der Waals surface area contributed by atoms with Crippen molar-refractivity contribution < 1.29 is 47.1 Å². The first-order chi connectivity index (χ1) is 23.0. The van der Waals surface area contributed by atoms with E-state index in [0.29, 0.717) is 19.3 Å². The number of carboxylic acid groups (broad SMARTS) is 1. The number of hydroxylamine groups is 2. The molecule has 0 aliphatic carbocycles. The Morgan fingerprint density at radius 3 is 2.40 bits per heavy atom. The average molecular weight is 672 g/mol. The van der Waals surface area contributed by atoms with Crippen LogP contribution in [-0.2, 0) is 31.8 Å². The number of furan rings is 1. The molecule has 0 saturated carbocycles. The molecule has 2 atom stereocenters. The second-order valence-electron chi connectivity index (χ2n) is 11.1. The number of alkyl halides is 2. The number of nitrogens with zero attached hydrogens (tertiary/aromatic N) is 1. The van der Waals surface area contributed by atoms with Crippen molar-refractivity contribution in [1.82, 2.24) is 15.7 Å². The molecule has 0 unspecified atom stereocenters. The minimum Gasteiger partial charge on any atom is -0.494 e. The molecule has 2 aromatic carbocycles. The lowest BCUT2D eigenvalue weighted by Gasteiger charge is -2.32. The third-order valence-electron chi connectivity index (χ3n) is 7.72. The summed E-state index contributed by atoms with van der Waals surface area (Å²) >= 11 is 0. The molecule has 1 heterocycles. The molecule has 1 aromatic heterocycles. The van der Waals surface area contributed by atoms with Gasteiger partial charge in [0.2, 0.25) is 12.3 Å². The van der Waals surface area contributed by atoms with Crippen molar-refractivity contribution in [3.8, 4) is 17.1 Å². The molecule has 3 aromatic rings. The van der Waals surface area contributed by atoms with Crippen LogP contribution in [0.4, 0.5) is 8.78 Å². The maximum Gasteiger partial charge on any atom is 0.379 e. The number of nitrogens with one attached hydrogen (secondary N) is 2. The second-order valence-corrected chi connectivity index (χ2v) is 11.1. The SMILES string of the molecule is CCCCCC[C@@H](C(=O)NCNC(=O)c1ccc(-c2cc(OCC)cc(C(F)(F)C(=O)O)c2)o1)[C@@H](CC)N(C=O)OCc1ccccc1. The number of rotatable bonds is 21. The molecule has 48 heavy (non-hydrogen) atoms. The van der Waals surface area contributed by atoms with Crippen LogP contribution in [0.5, 0.6) is 5.75 Å². The van der Waals surface area contributed by atoms with E-state index < -0.39 is 35.3 Å². The molecule has 0 spiro atoms. The standard InChI is InChI=1S/C35H43F2N3O8/c1-4-7-8-12-15-28(29(5-2)40(23-41)47-21-24-13-10-9-11-14-24)32(42)38-22-39-33(43)31-17-16-30(48-31)25-18-26(35(36,37)34(44)45)20-27(19-25)46-6-3/h9-11,13-14,16-20,23,28-29H,4-8,12,15,21-22H2,1-3H3,(H,38,42)(H,39,43)(H,44,45)/t28-,29-/m1/s1. The lowest BCUT2D eigenvalue weighted by atomic mass is 9.90. The molecule has 0 saturated heterocycles. The summed E-state index contributed by atoms with van der Waals surface area (Å²) in [6, 6.07) is 14.8. The first-order valence-electron chi connectivity index (χ1n) is 16.0. The Morgan fingerprint density at radius 2 is 1.75 bits per heavy atom. The third kappa shape index (κ3) is 10.4. The number of carbonyl (C=O) groups is 4. The summed E-state index contributed by atoms with van der Waals surface area (Å²) in [5, 5.41) is 15.5. The van der Waals surface area contributed by atoms with Crippen LogP contribution in [0.25, 0.3) is 11.3 Å². The molecule has 260 valence electrons. The molecule has 0 aliphatic heterocycles. The maximum atomic E-state index is 14.3. The van der Waals surface area contributed by atoms with E-state index in [-0.39, 0.29) is 48.6 Å². The minimum atomic E-state index is -4.19. The lowest BCUT2D eigenvalue weighted by Crippen LogP contribution is -2.48. The Morgan fingerprint density at radius 1 is 1.00 bits per heavy atom. The molecule has 0 radical (unpaired) electrons. The Hall–Kier alpha value is -4.78.